The summed E-state index contributed by atoms with van der Waals surface area (Å²) in [7, 11) is 3.50. The molecule has 0 unspecified atom stereocenters. The van der Waals surface area contributed by atoms with Gasteiger partial charge in [0, 0.05) is 37.0 Å². The van der Waals surface area contributed by atoms with Crippen molar-refractivity contribution in [2.75, 3.05) is 17.7 Å². The molecule has 2 rings (SSSR count). The van der Waals surface area contributed by atoms with Crippen molar-refractivity contribution >= 4 is 33.5 Å². The molecule has 0 radical (unpaired) electrons. The minimum absolute atomic E-state index is 0.258. The van der Waals surface area contributed by atoms with Gasteiger partial charge in [-0.1, -0.05) is 0 Å². The summed E-state index contributed by atoms with van der Waals surface area (Å²) in [4.78, 5) is 16.2. The van der Waals surface area contributed by atoms with Crippen molar-refractivity contribution in [1.29, 1.82) is 0 Å². The molecule has 2 heterocycles. The van der Waals surface area contributed by atoms with E-state index in [-0.39, 0.29) is 5.91 Å². The lowest BCUT2D eigenvalue weighted by Gasteiger charge is -2.07. The van der Waals surface area contributed by atoms with E-state index in [0.29, 0.717) is 17.2 Å². The SMILES string of the molecule is CNc1ncc(Br)cc1C(=O)Nc1ccn(C)n1. The van der Waals surface area contributed by atoms with Crippen molar-refractivity contribution < 1.29 is 4.79 Å². The molecule has 6 nitrogen and oxygen atoms in total. The van der Waals surface area contributed by atoms with Crippen molar-refractivity contribution in [2.24, 2.45) is 7.05 Å². The third kappa shape index (κ3) is 2.67. The number of hydrogen-bond acceptors (Lipinski definition) is 4. The van der Waals surface area contributed by atoms with Crippen LogP contribution >= 0.6 is 15.9 Å². The van der Waals surface area contributed by atoms with E-state index in [2.05, 4.69) is 36.6 Å². The smallest absolute Gasteiger partial charge is 0.260 e. The molecule has 0 aromatic carbocycles. The quantitative estimate of drug-likeness (QED) is 0.908. The summed E-state index contributed by atoms with van der Waals surface area (Å²) in [5.74, 6) is 0.767. The first kappa shape index (κ1) is 12.6. The summed E-state index contributed by atoms with van der Waals surface area (Å²) < 4.78 is 2.36. The Morgan fingerprint density at radius 2 is 2.28 bits per heavy atom. The van der Waals surface area contributed by atoms with Crippen molar-refractivity contribution in [2.45, 2.75) is 0 Å². The lowest BCUT2D eigenvalue weighted by molar-refractivity contribution is 0.102. The lowest BCUT2D eigenvalue weighted by atomic mass is 10.2. The largest absolute Gasteiger partial charge is 0.372 e. The number of carbonyl (C=O) groups excluding carboxylic acids is 1. The molecule has 0 atom stereocenters. The number of nitrogens with zero attached hydrogens (tertiary/aromatic N) is 3. The average molecular weight is 310 g/mol. The first-order valence-electron chi connectivity index (χ1n) is 5.24. The molecule has 0 bridgehead atoms. The van der Waals surface area contributed by atoms with Crippen LogP contribution in [0, 0.1) is 0 Å². The highest BCUT2D eigenvalue weighted by Crippen LogP contribution is 2.18. The molecular weight excluding hydrogens is 298 g/mol. The van der Waals surface area contributed by atoms with Crippen LogP contribution < -0.4 is 10.6 Å². The zero-order valence-corrected chi connectivity index (χ0v) is 11.5. The molecule has 18 heavy (non-hydrogen) atoms. The molecule has 2 N–H and O–H groups in total. The molecule has 0 aliphatic carbocycles. The average Bonchev–Trinajstić information content (AvgIpc) is 2.74. The summed E-state index contributed by atoms with van der Waals surface area (Å²) in [5, 5.41) is 9.67. The number of aryl methyl sites for hydroxylation is 1. The number of halogens is 1. The summed E-state index contributed by atoms with van der Waals surface area (Å²) in [6, 6.07) is 3.43. The van der Waals surface area contributed by atoms with Gasteiger partial charge < -0.3 is 10.6 Å². The lowest BCUT2D eigenvalue weighted by Crippen LogP contribution is -2.15. The standard InChI is InChI=1S/C11H12BrN5O/c1-13-10-8(5-7(12)6-14-10)11(18)15-9-3-4-17(2)16-9/h3-6H,1-2H3,(H,13,14)(H,15,16,18). The van der Waals surface area contributed by atoms with Crippen LogP contribution in [0.1, 0.15) is 10.4 Å². The second-order valence-electron chi connectivity index (χ2n) is 3.63. The third-order valence-electron chi connectivity index (χ3n) is 2.29. The number of anilines is 2. The Balaban J connectivity index is 2.25. The van der Waals surface area contributed by atoms with Gasteiger partial charge in [0.25, 0.3) is 5.91 Å². The highest BCUT2D eigenvalue weighted by molar-refractivity contribution is 9.10. The maximum absolute atomic E-state index is 12.1. The molecule has 2 aromatic heterocycles. The fraction of sp³-hybridized carbons (Fsp3) is 0.182. The van der Waals surface area contributed by atoms with Gasteiger partial charge in [-0.25, -0.2) is 4.98 Å². The molecular formula is C11H12BrN5O. The highest BCUT2D eigenvalue weighted by Gasteiger charge is 2.13. The van der Waals surface area contributed by atoms with Gasteiger partial charge in [-0.15, -0.1) is 0 Å². The van der Waals surface area contributed by atoms with Crippen LogP contribution in [-0.4, -0.2) is 27.7 Å². The van der Waals surface area contributed by atoms with Crippen molar-refractivity contribution in [3.05, 3.63) is 34.6 Å². The number of hydrogen-bond donors (Lipinski definition) is 2. The minimum Gasteiger partial charge on any atom is -0.372 e. The number of amides is 1. The zero-order valence-electron chi connectivity index (χ0n) is 9.94. The first-order chi connectivity index (χ1) is 8.60. The molecule has 2 aromatic rings. The van der Waals surface area contributed by atoms with Gasteiger partial charge in [0.05, 0.1) is 5.56 Å². The van der Waals surface area contributed by atoms with Crippen LogP contribution in [0.25, 0.3) is 0 Å². The van der Waals surface area contributed by atoms with E-state index in [1.807, 2.05) is 0 Å². The Hall–Kier alpha value is -1.89. The molecule has 94 valence electrons. The van der Waals surface area contributed by atoms with Crippen LogP contribution in [-0.2, 0) is 7.05 Å². The molecule has 7 heteroatoms. The summed E-state index contributed by atoms with van der Waals surface area (Å²) in [6.07, 6.45) is 3.39. The summed E-state index contributed by atoms with van der Waals surface area (Å²) in [6.45, 7) is 0. The van der Waals surface area contributed by atoms with E-state index in [1.165, 1.54) is 0 Å². The van der Waals surface area contributed by atoms with E-state index >= 15 is 0 Å². The number of nitrogens with one attached hydrogen (secondary N) is 2. The fourth-order valence-corrected chi connectivity index (χ4v) is 1.81. The van der Waals surface area contributed by atoms with Gasteiger partial charge in [0.15, 0.2) is 5.82 Å². The summed E-state index contributed by atoms with van der Waals surface area (Å²) in [5.41, 5.74) is 0.456. The molecule has 0 aliphatic heterocycles. The van der Waals surface area contributed by atoms with Crippen molar-refractivity contribution in [3.8, 4) is 0 Å². The van der Waals surface area contributed by atoms with Crippen LogP contribution in [0.15, 0.2) is 29.0 Å². The normalized spacial score (nSPS) is 10.2. The van der Waals surface area contributed by atoms with Crippen LogP contribution in [0.2, 0.25) is 0 Å². The zero-order chi connectivity index (χ0) is 13.1. The van der Waals surface area contributed by atoms with Crippen LogP contribution in [0.5, 0.6) is 0 Å². The van der Waals surface area contributed by atoms with Gasteiger partial charge in [0.1, 0.15) is 5.82 Å². The monoisotopic (exact) mass is 309 g/mol. The predicted octanol–water partition coefficient (Wildman–Crippen LogP) is 1.87. The second kappa shape index (κ2) is 5.18. The molecule has 0 saturated heterocycles. The van der Waals surface area contributed by atoms with Gasteiger partial charge in [-0.3, -0.25) is 9.48 Å². The maximum Gasteiger partial charge on any atom is 0.260 e. The third-order valence-corrected chi connectivity index (χ3v) is 2.72. The van der Waals surface area contributed by atoms with Crippen LogP contribution in [0.4, 0.5) is 11.6 Å². The second-order valence-corrected chi connectivity index (χ2v) is 4.54. The molecule has 0 saturated carbocycles. The number of aromatic nitrogens is 3. The predicted molar refractivity (Wildman–Crippen MR) is 72.6 cm³/mol. The van der Waals surface area contributed by atoms with E-state index in [4.69, 9.17) is 0 Å². The maximum atomic E-state index is 12.1. The Bertz CT molecular complexity index is 581. The topological polar surface area (TPSA) is 71.8 Å². The van der Waals surface area contributed by atoms with E-state index in [1.54, 1.807) is 43.3 Å². The van der Waals surface area contributed by atoms with Crippen molar-refractivity contribution in [3.63, 3.8) is 0 Å². The molecule has 0 spiro atoms. The Labute approximate surface area is 113 Å². The number of rotatable bonds is 3. The van der Waals surface area contributed by atoms with Gasteiger partial charge in [-0.05, 0) is 22.0 Å². The van der Waals surface area contributed by atoms with Crippen LogP contribution in [0.3, 0.4) is 0 Å². The Kier molecular flexibility index (Phi) is 3.61. The summed E-state index contributed by atoms with van der Waals surface area (Å²) >= 11 is 3.29. The van der Waals surface area contributed by atoms with E-state index in [0.717, 1.165) is 4.47 Å². The fourth-order valence-electron chi connectivity index (χ4n) is 1.48. The number of pyridine rings is 1. The van der Waals surface area contributed by atoms with Gasteiger partial charge in [-0.2, -0.15) is 5.10 Å². The van der Waals surface area contributed by atoms with Gasteiger partial charge in [0.2, 0.25) is 0 Å². The van der Waals surface area contributed by atoms with Gasteiger partial charge >= 0.3 is 0 Å². The molecule has 1 amide bonds. The van der Waals surface area contributed by atoms with E-state index < -0.39 is 0 Å². The number of carbonyl (C=O) groups is 1. The van der Waals surface area contributed by atoms with Crippen molar-refractivity contribution in [1.82, 2.24) is 14.8 Å². The first-order valence-corrected chi connectivity index (χ1v) is 6.03. The van der Waals surface area contributed by atoms with E-state index in [9.17, 15) is 4.79 Å². The molecule has 0 aliphatic rings. The minimum atomic E-state index is -0.258. The Morgan fingerprint density at radius 3 is 2.89 bits per heavy atom. The highest BCUT2D eigenvalue weighted by atomic mass is 79.9. The Morgan fingerprint density at radius 1 is 1.50 bits per heavy atom. The molecule has 0 fully saturated rings.